The maximum atomic E-state index is 5.35. The van der Waals surface area contributed by atoms with Crippen LogP contribution in [-0.4, -0.2) is 37.8 Å². The quantitative estimate of drug-likeness (QED) is 0.563. The van der Waals surface area contributed by atoms with Crippen molar-refractivity contribution < 1.29 is 14.2 Å². The third-order valence-electron chi connectivity index (χ3n) is 4.35. The van der Waals surface area contributed by atoms with Crippen LogP contribution in [0.15, 0.2) is 48.5 Å². The molecule has 0 aliphatic rings. The lowest BCUT2D eigenvalue weighted by Gasteiger charge is -2.12. The maximum absolute atomic E-state index is 5.35. The minimum Gasteiger partial charge on any atom is -0.497 e. The van der Waals surface area contributed by atoms with Gasteiger partial charge in [-0.15, -0.1) is 0 Å². The summed E-state index contributed by atoms with van der Waals surface area (Å²) >= 11 is 0. The van der Waals surface area contributed by atoms with Gasteiger partial charge in [-0.05, 0) is 43.2 Å². The molecule has 3 aromatic rings. The molecule has 0 unspecified atom stereocenters. The molecule has 0 fully saturated rings. The summed E-state index contributed by atoms with van der Waals surface area (Å²) in [5.41, 5.74) is 2.88. The first-order valence-electron chi connectivity index (χ1n) is 9.33. The first-order chi connectivity index (χ1) is 14.1. The number of methoxy groups -OCH3 is 3. The molecule has 0 bridgehead atoms. The third-order valence-corrected chi connectivity index (χ3v) is 4.35. The predicted octanol–water partition coefficient (Wildman–Crippen LogP) is 4.21. The van der Waals surface area contributed by atoms with Gasteiger partial charge in [0.05, 0.1) is 21.3 Å². The van der Waals surface area contributed by atoms with Crippen LogP contribution in [0.2, 0.25) is 0 Å². The van der Waals surface area contributed by atoms with Gasteiger partial charge in [-0.25, -0.2) is 4.98 Å². The van der Waals surface area contributed by atoms with E-state index in [9.17, 15) is 0 Å². The number of ether oxygens (including phenoxy) is 3. The summed E-state index contributed by atoms with van der Waals surface area (Å²) in [5, 5.41) is 6.58. The van der Waals surface area contributed by atoms with Crippen LogP contribution < -0.4 is 24.8 Å². The molecule has 0 saturated heterocycles. The highest BCUT2D eigenvalue weighted by Crippen LogP contribution is 2.30. The van der Waals surface area contributed by atoms with Crippen LogP contribution in [0, 0.1) is 6.92 Å². The Morgan fingerprint density at radius 2 is 1.69 bits per heavy atom. The molecule has 1 heterocycles. The zero-order valence-corrected chi connectivity index (χ0v) is 17.2. The average molecular weight is 394 g/mol. The minimum absolute atomic E-state index is 0.515. The van der Waals surface area contributed by atoms with Crippen molar-refractivity contribution in [3.05, 3.63) is 59.8 Å². The molecule has 0 spiro atoms. The van der Waals surface area contributed by atoms with Gasteiger partial charge in [0.2, 0.25) is 5.95 Å². The summed E-state index contributed by atoms with van der Waals surface area (Å²) in [6.45, 7) is 2.69. The van der Waals surface area contributed by atoms with Crippen molar-refractivity contribution in [3.63, 3.8) is 0 Å². The summed E-state index contributed by atoms with van der Waals surface area (Å²) in [7, 11) is 4.89. The van der Waals surface area contributed by atoms with E-state index in [2.05, 4.69) is 26.7 Å². The molecule has 1 aromatic heterocycles. The topological polar surface area (TPSA) is 77.5 Å². The SMILES string of the molecule is COc1cccc(CCNc2cc(C)nc(Nc3ccc(OC)c(OC)c3)n2)c1. The summed E-state index contributed by atoms with van der Waals surface area (Å²) < 4.78 is 15.9. The fourth-order valence-corrected chi connectivity index (χ4v) is 2.92. The molecule has 29 heavy (non-hydrogen) atoms. The standard InChI is InChI=1S/C22H26N4O3/c1-15-12-21(23-11-10-16-6-5-7-18(13-16)27-2)26-22(24-15)25-17-8-9-19(28-3)20(14-17)29-4/h5-9,12-14H,10-11H2,1-4H3,(H2,23,24,25,26). The van der Waals surface area contributed by atoms with Crippen LogP contribution in [0.5, 0.6) is 17.2 Å². The Balaban J connectivity index is 1.66. The number of rotatable bonds is 9. The smallest absolute Gasteiger partial charge is 0.229 e. The van der Waals surface area contributed by atoms with Gasteiger partial charge in [-0.2, -0.15) is 4.98 Å². The maximum Gasteiger partial charge on any atom is 0.229 e. The molecule has 0 amide bonds. The van der Waals surface area contributed by atoms with Crippen LogP contribution in [0.3, 0.4) is 0 Å². The lowest BCUT2D eigenvalue weighted by atomic mass is 10.1. The third kappa shape index (κ3) is 5.51. The molecule has 0 aliphatic carbocycles. The molecule has 0 aliphatic heterocycles. The zero-order valence-electron chi connectivity index (χ0n) is 17.2. The molecular weight excluding hydrogens is 368 g/mol. The van der Waals surface area contributed by atoms with Crippen molar-refractivity contribution in [1.29, 1.82) is 0 Å². The minimum atomic E-state index is 0.515. The number of benzene rings is 2. The summed E-state index contributed by atoms with van der Waals surface area (Å²) in [5.74, 6) is 3.45. The van der Waals surface area contributed by atoms with E-state index in [4.69, 9.17) is 14.2 Å². The van der Waals surface area contributed by atoms with Gasteiger partial charge >= 0.3 is 0 Å². The second-order valence-electron chi connectivity index (χ2n) is 6.44. The van der Waals surface area contributed by atoms with Crippen molar-refractivity contribution in [2.24, 2.45) is 0 Å². The first-order valence-corrected chi connectivity index (χ1v) is 9.33. The van der Waals surface area contributed by atoms with E-state index in [1.807, 2.05) is 49.4 Å². The molecule has 2 aromatic carbocycles. The highest BCUT2D eigenvalue weighted by Gasteiger charge is 2.07. The Hall–Kier alpha value is -3.48. The van der Waals surface area contributed by atoms with Gasteiger partial charge in [-0.3, -0.25) is 0 Å². The number of nitrogens with one attached hydrogen (secondary N) is 2. The summed E-state index contributed by atoms with van der Waals surface area (Å²) in [6, 6.07) is 15.6. The van der Waals surface area contributed by atoms with Gasteiger partial charge in [0.25, 0.3) is 0 Å². The van der Waals surface area contributed by atoms with Gasteiger partial charge in [-0.1, -0.05) is 12.1 Å². The fraction of sp³-hybridized carbons (Fsp3) is 0.273. The number of aromatic nitrogens is 2. The van der Waals surface area contributed by atoms with E-state index >= 15 is 0 Å². The van der Waals surface area contributed by atoms with Crippen LogP contribution in [-0.2, 0) is 6.42 Å². The van der Waals surface area contributed by atoms with E-state index in [0.29, 0.717) is 17.4 Å². The Morgan fingerprint density at radius 3 is 2.45 bits per heavy atom. The average Bonchev–Trinajstić information content (AvgIpc) is 2.73. The van der Waals surface area contributed by atoms with Crippen molar-refractivity contribution >= 4 is 17.5 Å². The van der Waals surface area contributed by atoms with Crippen molar-refractivity contribution in [3.8, 4) is 17.2 Å². The lowest BCUT2D eigenvalue weighted by molar-refractivity contribution is 0.355. The highest BCUT2D eigenvalue weighted by atomic mass is 16.5. The highest BCUT2D eigenvalue weighted by molar-refractivity contribution is 5.60. The van der Waals surface area contributed by atoms with E-state index in [-0.39, 0.29) is 0 Å². The van der Waals surface area contributed by atoms with Gasteiger partial charge in [0.1, 0.15) is 11.6 Å². The first kappa shape index (κ1) is 20.3. The van der Waals surface area contributed by atoms with Crippen molar-refractivity contribution in [2.45, 2.75) is 13.3 Å². The fourth-order valence-electron chi connectivity index (χ4n) is 2.92. The number of aryl methyl sites for hydroxylation is 1. The van der Waals surface area contributed by atoms with Crippen molar-refractivity contribution in [2.75, 3.05) is 38.5 Å². The van der Waals surface area contributed by atoms with Crippen LogP contribution >= 0.6 is 0 Å². The zero-order chi connectivity index (χ0) is 20.6. The number of anilines is 3. The molecule has 7 nitrogen and oxygen atoms in total. The normalized spacial score (nSPS) is 10.3. The van der Waals surface area contributed by atoms with E-state index in [1.54, 1.807) is 21.3 Å². The molecule has 0 saturated carbocycles. The number of hydrogen-bond donors (Lipinski definition) is 2. The van der Waals surface area contributed by atoms with E-state index < -0.39 is 0 Å². The summed E-state index contributed by atoms with van der Waals surface area (Å²) in [4.78, 5) is 9.03. The Labute approximate surface area is 171 Å². The Morgan fingerprint density at radius 1 is 0.862 bits per heavy atom. The van der Waals surface area contributed by atoms with Gasteiger partial charge < -0.3 is 24.8 Å². The van der Waals surface area contributed by atoms with E-state index in [1.165, 1.54) is 5.56 Å². The molecule has 152 valence electrons. The largest absolute Gasteiger partial charge is 0.497 e. The molecule has 0 atom stereocenters. The molecular formula is C22H26N4O3. The Kier molecular flexibility index (Phi) is 6.73. The van der Waals surface area contributed by atoms with Gasteiger partial charge in [0.15, 0.2) is 11.5 Å². The lowest BCUT2D eigenvalue weighted by Crippen LogP contribution is -2.09. The van der Waals surface area contributed by atoms with Gasteiger partial charge in [0, 0.05) is 30.1 Å². The predicted molar refractivity (Wildman–Crippen MR) is 115 cm³/mol. The van der Waals surface area contributed by atoms with Crippen LogP contribution in [0.1, 0.15) is 11.3 Å². The second-order valence-corrected chi connectivity index (χ2v) is 6.44. The molecule has 0 radical (unpaired) electrons. The summed E-state index contributed by atoms with van der Waals surface area (Å²) in [6.07, 6.45) is 0.860. The number of hydrogen-bond acceptors (Lipinski definition) is 7. The molecule has 7 heteroatoms. The van der Waals surface area contributed by atoms with Crippen LogP contribution in [0.4, 0.5) is 17.5 Å². The molecule has 2 N–H and O–H groups in total. The number of nitrogens with zero attached hydrogens (tertiary/aromatic N) is 2. The molecule has 3 rings (SSSR count). The monoisotopic (exact) mass is 394 g/mol. The van der Waals surface area contributed by atoms with Crippen molar-refractivity contribution in [1.82, 2.24) is 9.97 Å². The Bertz CT molecular complexity index is 963. The van der Waals surface area contributed by atoms with Crippen LogP contribution in [0.25, 0.3) is 0 Å². The second kappa shape index (κ2) is 9.64. The van der Waals surface area contributed by atoms with E-state index in [0.717, 1.165) is 35.9 Å².